The van der Waals surface area contributed by atoms with Crippen molar-refractivity contribution in [1.82, 2.24) is 15.4 Å². The molecule has 0 aromatic heterocycles. The minimum atomic E-state index is -3.88. The molecule has 10 heteroatoms. The monoisotopic (exact) mass is 609 g/mol. The zero-order valence-corrected chi connectivity index (χ0v) is 25.7. The van der Waals surface area contributed by atoms with Crippen molar-refractivity contribution in [3.8, 4) is 11.5 Å². The molecule has 1 amide bonds. The number of rotatable bonds is 15. The van der Waals surface area contributed by atoms with Gasteiger partial charge in [-0.1, -0.05) is 62.4 Å². The molecule has 0 radical (unpaired) electrons. The SMILES string of the molecule is COc1cccc(CNCC(O)C(CC2CCCCC2)NC(=O)c2cccc(S(=O)(=O)NCc3cccc(OC)c3)c2)c1. The lowest BCUT2D eigenvalue weighted by Gasteiger charge is -2.30. The van der Waals surface area contributed by atoms with Gasteiger partial charge in [0, 0.05) is 25.2 Å². The number of hydrogen-bond acceptors (Lipinski definition) is 7. The first-order chi connectivity index (χ1) is 20.8. The lowest BCUT2D eigenvalue weighted by atomic mass is 9.83. The molecular formula is C33H43N3O6S. The summed E-state index contributed by atoms with van der Waals surface area (Å²) in [5.41, 5.74) is 1.99. The van der Waals surface area contributed by atoms with Gasteiger partial charge in [-0.05, 0) is 65.9 Å². The van der Waals surface area contributed by atoms with Gasteiger partial charge in [0.25, 0.3) is 5.91 Å². The van der Waals surface area contributed by atoms with Gasteiger partial charge >= 0.3 is 0 Å². The molecule has 1 fully saturated rings. The smallest absolute Gasteiger partial charge is 0.251 e. The van der Waals surface area contributed by atoms with Crippen molar-refractivity contribution < 1.29 is 27.8 Å². The molecule has 0 aliphatic heterocycles. The number of sulfonamides is 1. The third kappa shape index (κ3) is 9.79. The van der Waals surface area contributed by atoms with E-state index in [-0.39, 0.29) is 23.5 Å². The molecule has 9 nitrogen and oxygen atoms in total. The number of ether oxygens (including phenoxy) is 2. The Morgan fingerprint density at radius 2 is 1.51 bits per heavy atom. The van der Waals surface area contributed by atoms with Gasteiger partial charge in [-0.15, -0.1) is 0 Å². The van der Waals surface area contributed by atoms with Crippen LogP contribution in [0, 0.1) is 5.92 Å². The van der Waals surface area contributed by atoms with Crippen LogP contribution in [0.25, 0.3) is 0 Å². The summed E-state index contributed by atoms with van der Waals surface area (Å²) in [4.78, 5) is 13.4. The number of benzene rings is 3. The Kier molecular flexibility index (Phi) is 12.0. The average Bonchev–Trinajstić information content (AvgIpc) is 3.04. The summed E-state index contributed by atoms with van der Waals surface area (Å²) in [5.74, 6) is 1.40. The molecule has 4 rings (SSSR count). The molecular weight excluding hydrogens is 566 g/mol. The van der Waals surface area contributed by atoms with E-state index in [1.807, 2.05) is 24.3 Å². The fourth-order valence-electron chi connectivity index (χ4n) is 5.48. The van der Waals surface area contributed by atoms with E-state index < -0.39 is 28.1 Å². The molecule has 2 atom stereocenters. The highest BCUT2D eigenvalue weighted by Gasteiger charge is 2.27. The first-order valence-corrected chi connectivity index (χ1v) is 16.3. The van der Waals surface area contributed by atoms with Gasteiger partial charge in [-0.25, -0.2) is 13.1 Å². The minimum Gasteiger partial charge on any atom is -0.497 e. The molecule has 0 saturated heterocycles. The lowest BCUT2D eigenvalue weighted by Crippen LogP contribution is -2.48. The molecule has 0 heterocycles. The predicted molar refractivity (Wildman–Crippen MR) is 167 cm³/mol. The van der Waals surface area contributed by atoms with Crippen molar-refractivity contribution in [1.29, 1.82) is 0 Å². The Morgan fingerprint density at radius 1 is 0.884 bits per heavy atom. The Bertz CT molecular complexity index is 1440. The van der Waals surface area contributed by atoms with E-state index in [4.69, 9.17) is 9.47 Å². The van der Waals surface area contributed by atoms with Crippen LogP contribution in [0.3, 0.4) is 0 Å². The molecule has 1 saturated carbocycles. The second-order valence-electron chi connectivity index (χ2n) is 11.1. The Hall–Kier alpha value is -3.44. The van der Waals surface area contributed by atoms with Crippen LogP contribution in [0.15, 0.2) is 77.7 Å². The van der Waals surface area contributed by atoms with Crippen LogP contribution >= 0.6 is 0 Å². The number of nitrogens with one attached hydrogen (secondary N) is 3. The highest BCUT2D eigenvalue weighted by Crippen LogP contribution is 2.28. The molecule has 232 valence electrons. The highest BCUT2D eigenvalue weighted by molar-refractivity contribution is 7.89. The van der Waals surface area contributed by atoms with Crippen molar-refractivity contribution >= 4 is 15.9 Å². The molecule has 1 aliphatic carbocycles. The van der Waals surface area contributed by atoms with Crippen LogP contribution in [-0.2, 0) is 23.1 Å². The van der Waals surface area contributed by atoms with Gasteiger partial charge in [-0.3, -0.25) is 4.79 Å². The topological polar surface area (TPSA) is 126 Å². The molecule has 4 N–H and O–H groups in total. The molecule has 0 spiro atoms. The normalized spacial score (nSPS) is 15.4. The van der Waals surface area contributed by atoms with Crippen molar-refractivity contribution in [3.05, 3.63) is 89.5 Å². The first kappa shape index (κ1) is 32.5. The van der Waals surface area contributed by atoms with Gasteiger partial charge in [0.05, 0.1) is 31.3 Å². The maximum Gasteiger partial charge on any atom is 0.251 e. The Balaban J connectivity index is 1.41. The van der Waals surface area contributed by atoms with Gasteiger partial charge in [0.2, 0.25) is 10.0 Å². The second-order valence-corrected chi connectivity index (χ2v) is 12.8. The Morgan fingerprint density at radius 3 is 2.16 bits per heavy atom. The van der Waals surface area contributed by atoms with Crippen LogP contribution in [0.2, 0.25) is 0 Å². The largest absolute Gasteiger partial charge is 0.497 e. The summed E-state index contributed by atoms with van der Waals surface area (Å²) in [6, 6.07) is 20.3. The zero-order chi connectivity index (χ0) is 30.7. The van der Waals surface area contributed by atoms with Crippen molar-refractivity contribution in [3.63, 3.8) is 0 Å². The van der Waals surface area contributed by atoms with E-state index in [0.717, 1.165) is 42.6 Å². The molecule has 1 aliphatic rings. The van der Waals surface area contributed by atoms with Crippen LogP contribution in [0.1, 0.15) is 60.0 Å². The van der Waals surface area contributed by atoms with E-state index in [0.29, 0.717) is 24.6 Å². The molecule has 2 unspecified atom stereocenters. The van der Waals surface area contributed by atoms with Crippen molar-refractivity contribution in [2.45, 2.75) is 68.7 Å². The molecule has 3 aromatic carbocycles. The van der Waals surface area contributed by atoms with Crippen LogP contribution in [0.4, 0.5) is 0 Å². The van der Waals surface area contributed by atoms with Crippen molar-refractivity contribution in [2.24, 2.45) is 5.92 Å². The summed E-state index contributed by atoms with van der Waals surface area (Å²) >= 11 is 0. The quantitative estimate of drug-likeness (QED) is 0.201. The summed E-state index contributed by atoms with van der Waals surface area (Å²) in [6.07, 6.45) is 5.49. The maximum absolute atomic E-state index is 13.4. The maximum atomic E-state index is 13.4. The molecule has 0 bridgehead atoms. The summed E-state index contributed by atoms with van der Waals surface area (Å²) < 4.78 is 39.2. The zero-order valence-electron chi connectivity index (χ0n) is 24.9. The fourth-order valence-corrected chi connectivity index (χ4v) is 6.55. The predicted octanol–water partition coefficient (Wildman–Crippen LogP) is 4.40. The fraction of sp³-hybridized carbons (Fsp3) is 0.424. The number of methoxy groups -OCH3 is 2. The number of amides is 1. The summed E-state index contributed by atoms with van der Waals surface area (Å²) in [5, 5.41) is 17.5. The number of carbonyl (C=O) groups excluding carboxylic acids is 1. The number of carbonyl (C=O) groups is 1. The van der Waals surface area contributed by atoms with Gasteiger partial charge in [-0.2, -0.15) is 0 Å². The molecule has 3 aromatic rings. The van der Waals surface area contributed by atoms with Gasteiger partial charge in [0.1, 0.15) is 11.5 Å². The van der Waals surface area contributed by atoms with E-state index in [1.54, 1.807) is 50.6 Å². The third-order valence-electron chi connectivity index (χ3n) is 7.92. The second kappa shape index (κ2) is 15.9. The summed E-state index contributed by atoms with van der Waals surface area (Å²) in [6.45, 7) is 0.910. The van der Waals surface area contributed by atoms with E-state index in [9.17, 15) is 18.3 Å². The van der Waals surface area contributed by atoms with E-state index >= 15 is 0 Å². The average molecular weight is 610 g/mol. The number of aliphatic hydroxyl groups excluding tert-OH is 1. The number of hydrogen-bond donors (Lipinski definition) is 4. The first-order valence-electron chi connectivity index (χ1n) is 14.8. The van der Waals surface area contributed by atoms with Crippen LogP contribution in [0.5, 0.6) is 11.5 Å². The summed E-state index contributed by atoms with van der Waals surface area (Å²) in [7, 11) is -0.707. The van der Waals surface area contributed by atoms with Crippen LogP contribution < -0.4 is 24.8 Å². The Labute approximate surface area is 255 Å². The minimum absolute atomic E-state index is 0.00705. The third-order valence-corrected chi connectivity index (χ3v) is 9.32. The van der Waals surface area contributed by atoms with E-state index in [2.05, 4.69) is 15.4 Å². The highest BCUT2D eigenvalue weighted by atomic mass is 32.2. The van der Waals surface area contributed by atoms with Crippen LogP contribution in [-0.4, -0.2) is 52.3 Å². The van der Waals surface area contributed by atoms with Crippen molar-refractivity contribution in [2.75, 3.05) is 20.8 Å². The van der Waals surface area contributed by atoms with E-state index in [1.165, 1.54) is 18.6 Å². The van der Waals surface area contributed by atoms with Gasteiger partial charge < -0.3 is 25.2 Å². The number of aliphatic hydroxyl groups is 1. The lowest BCUT2D eigenvalue weighted by molar-refractivity contribution is 0.0776. The molecule has 43 heavy (non-hydrogen) atoms. The van der Waals surface area contributed by atoms with Gasteiger partial charge in [0.15, 0.2) is 0 Å². The standard InChI is InChI=1S/C33H43N3O6S/c1-41-28-14-6-11-25(17-28)21-34-23-32(37)31(19-24-9-4-3-5-10-24)36-33(38)27-13-8-16-30(20-27)43(39,40)35-22-26-12-7-15-29(18-26)42-2/h6-8,11-18,20,24,31-32,34-35,37H,3-5,9-10,19,21-23H2,1-2H3,(H,36,38).